The van der Waals surface area contributed by atoms with Gasteiger partial charge in [-0.05, 0) is 139 Å². The van der Waals surface area contributed by atoms with Gasteiger partial charge in [-0.1, -0.05) is 129 Å². The van der Waals surface area contributed by atoms with E-state index >= 15 is 0 Å². The van der Waals surface area contributed by atoms with E-state index < -0.39 is 53.4 Å². The van der Waals surface area contributed by atoms with Crippen molar-refractivity contribution in [1.82, 2.24) is 20.8 Å². The zero-order chi connectivity index (χ0) is 54.9. The van der Waals surface area contributed by atoms with Gasteiger partial charge in [-0.25, -0.2) is 14.4 Å². The Kier molecular flexibility index (Phi) is 29.2. The highest BCUT2D eigenvalue weighted by Crippen LogP contribution is 2.37. The van der Waals surface area contributed by atoms with Crippen molar-refractivity contribution < 1.29 is 52.8 Å². The third-order valence-corrected chi connectivity index (χ3v) is 12.6. The lowest BCUT2D eigenvalue weighted by Crippen LogP contribution is -2.47. The maximum Gasteiger partial charge on any atom is 0.408 e. The molecule has 2 fully saturated rings. The molecule has 2 aliphatic carbocycles. The van der Waals surface area contributed by atoms with E-state index in [1.54, 1.807) is 48.5 Å². The highest BCUT2D eigenvalue weighted by Gasteiger charge is 2.36. The van der Waals surface area contributed by atoms with Crippen LogP contribution in [0.4, 0.5) is 9.59 Å². The van der Waals surface area contributed by atoms with Crippen molar-refractivity contribution in [3.8, 4) is 0 Å². The predicted molar refractivity (Wildman–Crippen MR) is 284 cm³/mol. The smallest absolute Gasteiger partial charge is 0.408 e. The lowest BCUT2D eigenvalue weighted by Gasteiger charge is -2.37. The number of carbonyl (C=O) groups excluding carboxylic acids is 5. The SMILES string of the molecule is CC.CC(C)[C@@H]1CC[C@@H](C)C[C@H]1OC(=O)C[C@@H](NC(=O)[C@@H](C)NC(=O)OC(C)(C)C)c1ccccc1.CC(C)[C@@H]1CC[C@@H](C)C[C@H]1OC(=O)C[C@@H](NCl)c1ccccc1.C[C@@H](NC(=O)OC(C)(C)C)C(=O)O. The quantitative estimate of drug-likeness (QED) is 0.0605. The number of carboxylic acid groups (broad SMARTS) is 1. The summed E-state index contributed by atoms with van der Waals surface area (Å²) < 4.78 is 21.9. The molecule has 408 valence electrons. The van der Waals surface area contributed by atoms with Gasteiger partial charge in [0, 0.05) is 0 Å². The van der Waals surface area contributed by atoms with E-state index in [1.807, 2.05) is 74.5 Å². The fraction of sp³-hybridized carbons (Fsp3) is 0.679. The Morgan fingerprint density at radius 3 is 1.29 bits per heavy atom. The second kappa shape index (κ2) is 32.3. The zero-order valence-corrected chi connectivity index (χ0v) is 47.0. The highest BCUT2D eigenvalue weighted by molar-refractivity contribution is 6.13. The van der Waals surface area contributed by atoms with Crippen LogP contribution in [0.15, 0.2) is 60.7 Å². The lowest BCUT2D eigenvalue weighted by molar-refractivity contribution is -0.157. The Balaban J connectivity index is 0.000000586. The Hall–Kier alpha value is -4.89. The molecule has 2 aromatic rings. The Morgan fingerprint density at radius 2 is 0.944 bits per heavy atom. The van der Waals surface area contributed by atoms with Gasteiger partial charge in [-0.15, -0.1) is 0 Å². The van der Waals surface area contributed by atoms with E-state index in [9.17, 15) is 28.8 Å². The standard InChI is InChI=1S/C27H42N2O5.C19H28ClNO2.C8H15NO4.C2H6/c1-17(2)21-14-13-18(3)15-23(21)33-24(30)16-22(20-11-9-8-10-12-20)29-25(31)19(4)28-26(32)34-27(5,6)7;1-13(2)16-10-9-14(3)11-18(16)23-19(22)12-17(21-20)15-7-5-4-6-8-15;1-5(6(10)11)9-7(12)13-8(2,3)4;1-2/h8-12,17-19,21-23H,13-16H2,1-7H3,(H,28,32)(H,29,31);4-8,13-14,16-18,21H,9-12H2,1-3H3;5H,1-4H3,(H,9,12)(H,10,11);1-2H3/t18-,19-,21+,22-,23-;14-,16+,17-,18-;5-;/m111./s1. The largest absolute Gasteiger partial charge is 0.480 e. The minimum atomic E-state index is -1.09. The third-order valence-electron chi connectivity index (χ3n) is 12.3. The molecule has 16 heteroatoms. The van der Waals surface area contributed by atoms with Gasteiger partial charge in [0.25, 0.3) is 0 Å². The van der Waals surface area contributed by atoms with Crippen molar-refractivity contribution in [3.63, 3.8) is 0 Å². The molecule has 0 radical (unpaired) electrons. The molecular formula is C56H91ClN4O11. The van der Waals surface area contributed by atoms with Crippen molar-refractivity contribution in [2.45, 2.75) is 210 Å². The van der Waals surface area contributed by atoms with E-state index in [-0.39, 0.29) is 43.0 Å². The molecule has 2 aromatic carbocycles. The van der Waals surface area contributed by atoms with Gasteiger partial charge in [-0.3, -0.25) is 19.2 Å². The third kappa shape index (κ3) is 26.2. The molecule has 5 N–H and O–H groups in total. The van der Waals surface area contributed by atoms with Crippen LogP contribution in [0.2, 0.25) is 0 Å². The number of esters is 2. The molecule has 2 saturated carbocycles. The molecule has 10 atom stereocenters. The summed E-state index contributed by atoms with van der Waals surface area (Å²) in [6.07, 6.45) is 5.25. The first-order valence-corrected chi connectivity index (χ1v) is 26.3. The summed E-state index contributed by atoms with van der Waals surface area (Å²) >= 11 is 5.83. The molecule has 0 heterocycles. The van der Waals surface area contributed by atoms with Crippen molar-refractivity contribution >= 4 is 47.8 Å². The average molecular weight is 1030 g/mol. The van der Waals surface area contributed by atoms with Gasteiger partial charge in [0.1, 0.15) is 35.5 Å². The summed E-state index contributed by atoms with van der Waals surface area (Å²) in [6.45, 7) is 30.6. The summed E-state index contributed by atoms with van der Waals surface area (Å²) in [6, 6.07) is 16.5. The van der Waals surface area contributed by atoms with Gasteiger partial charge in [-0.2, -0.15) is 0 Å². The number of aliphatic carboxylic acids is 1. The molecular weight excluding hydrogens is 940 g/mol. The highest BCUT2D eigenvalue weighted by atomic mass is 35.5. The van der Waals surface area contributed by atoms with Crippen LogP contribution in [0.5, 0.6) is 0 Å². The minimum absolute atomic E-state index is 0.0185. The second-order valence-corrected chi connectivity index (χ2v) is 22.0. The Bertz CT molecular complexity index is 1920. The fourth-order valence-corrected chi connectivity index (χ4v) is 8.71. The van der Waals surface area contributed by atoms with Crippen LogP contribution < -0.4 is 20.8 Å². The summed E-state index contributed by atoms with van der Waals surface area (Å²) in [5, 5.41) is 16.1. The van der Waals surface area contributed by atoms with E-state index in [0.717, 1.165) is 43.2 Å². The number of ether oxygens (including phenoxy) is 4. The number of nitrogens with one attached hydrogen (secondary N) is 4. The molecule has 15 nitrogen and oxygen atoms in total. The van der Waals surface area contributed by atoms with Crippen molar-refractivity contribution in [2.24, 2.45) is 35.5 Å². The normalized spacial score (nSPS) is 21.4. The van der Waals surface area contributed by atoms with Crippen molar-refractivity contribution in [2.75, 3.05) is 0 Å². The number of carboxylic acids is 1. The van der Waals surface area contributed by atoms with Gasteiger partial charge in [0.2, 0.25) is 5.91 Å². The first-order chi connectivity index (χ1) is 33.6. The van der Waals surface area contributed by atoms with E-state index in [2.05, 4.69) is 62.3 Å². The number of rotatable bonds is 16. The zero-order valence-electron chi connectivity index (χ0n) is 46.3. The number of carbonyl (C=O) groups is 6. The number of benzene rings is 2. The van der Waals surface area contributed by atoms with Gasteiger partial charge >= 0.3 is 30.1 Å². The van der Waals surface area contributed by atoms with Crippen LogP contribution in [0.1, 0.15) is 185 Å². The minimum Gasteiger partial charge on any atom is -0.480 e. The molecule has 3 amide bonds. The van der Waals surface area contributed by atoms with Gasteiger partial charge in [0.05, 0.1) is 24.9 Å². The topological polar surface area (TPSA) is 208 Å². The number of hydrogen-bond donors (Lipinski definition) is 5. The molecule has 2 aliphatic rings. The van der Waals surface area contributed by atoms with Crippen molar-refractivity contribution in [1.29, 1.82) is 0 Å². The molecule has 0 aliphatic heterocycles. The van der Waals surface area contributed by atoms with E-state index in [0.29, 0.717) is 35.5 Å². The molecule has 0 aromatic heterocycles. The summed E-state index contributed by atoms with van der Waals surface area (Å²) in [7, 11) is 0. The Morgan fingerprint density at radius 1 is 0.583 bits per heavy atom. The van der Waals surface area contributed by atoms with Crippen LogP contribution in [-0.4, -0.2) is 76.6 Å². The lowest BCUT2D eigenvalue weighted by atomic mass is 9.75. The number of alkyl carbamates (subject to hydrolysis) is 2. The number of halogens is 1. The fourth-order valence-electron chi connectivity index (χ4n) is 8.50. The maximum absolute atomic E-state index is 13.0. The average Bonchev–Trinajstić information content (AvgIpc) is 3.28. The molecule has 0 bridgehead atoms. The van der Waals surface area contributed by atoms with Crippen molar-refractivity contribution in [3.05, 3.63) is 71.8 Å². The number of amides is 3. The molecule has 72 heavy (non-hydrogen) atoms. The van der Waals surface area contributed by atoms with Crippen LogP contribution in [0.25, 0.3) is 0 Å². The number of hydrogen-bond acceptors (Lipinski definition) is 11. The summed E-state index contributed by atoms with van der Waals surface area (Å²) in [5.74, 6) is 0.951. The van der Waals surface area contributed by atoms with E-state index in [4.69, 9.17) is 35.8 Å². The van der Waals surface area contributed by atoms with Crippen LogP contribution >= 0.6 is 11.8 Å². The first-order valence-electron chi connectivity index (χ1n) is 26.0. The first kappa shape index (κ1) is 65.1. The molecule has 4 rings (SSSR count). The molecule has 0 saturated heterocycles. The monoisotopic (exact) mass is 1030 g/mol. The predicted octanol–water partition coefficient (Wildman–Crippen LogP) is 12.0. The van der Waals surface area contributed by atoms with E-state index in [1.165, 1.54) is 13.3 Å². The van der Waals surface area contributed by atoms with Crippen LogP contribution in [0, 0.1) is 35.5 Å². The Labute approximate surface area is 436 Å². The molecule has 0 spiro atoms. The second-order valence-electron chi connectivity index (χ2n) is 21.7. The maximum atomic E-state index is 13.0. The summed E-state index contributed by atoms with van der Waals surface area (Å²) in [5.41, 5.74) is 0.523. The van der Waals surface area contributed by atoms with Crippen LogP contribution in [-0.2, 0) is 38.1 Å². The van der Waals surface area contributed by atoms with Gasteiger partial charge < -0.3 is 40.0 Å². The summed E-state index contributed by atoms with van der Waals surface area (Å²) in [4.78, 5) is 74.3. The van der Waals surface area contributed by atoms with Gasteiger partial charge in [0.15, 0.2) is 0 Å². The molecule has 0 unspecified atom stereocenters. The van der Waals surface area contributed by atoms with Crippen LogP contribution in [0.3, 0.4) is 0 Å².